The zero-order valence-electron chi connectivity index (χ0n) is 13.4. The predicted molar refractivity (Wildman–Crippen MR) is 80.3 cm³/mol. The van der Waals surface area contributed by atoms with Crippen LogP contribution in [0, 0.1) is 5.92 Å². The lowest BCUT2D eigenvalue weighted by Gasteiger charge is -2.25. The fraction of sp³-hybridized carbons (Fsp3) is 0.750. The number of carbonyl (C=O) groups is 1. The minimum absolute atomic E-state index is 0.0307. The third-order valence-corrected chi connectivity index (χ3v) is 4.47. The molecule has 1 aromatic rings. The number of hydrogen-bond acceptors (Lipinski definition) is 3. The number of aryl methyl sites for hydroxylation is 1. The van der Waals surface area contributed by atoms with E-state index in [0.717, 1.165) is 29.9 Å². The molecular formula is C16H25N3O2. The maximum absolute atomic E-state index is 12.9. The molecule has 2 heterocycles. The van der Waals surface area contributed by atoms with Gasteiger partial charge in [0.2, 0.25) is 0 Å². The molecule has 0 aromatic carbocycles. The third kappa shape index (κ3) is 2.71. The van der Waals surface area contributed by atoms with Crippen LogP contribution in [0.25, 0.3) is 0 Å². The van der Waals surface area contributed by atoms with Crippen molar-refractivity contribution in [2.45, 2.75) is 58.8 Å². The first kappa shape index (κ1) is 14.6. The molecule has 1 amide bonds. The Morgan fingerprint density at radius 1 is 1.43 bits per heavy atom. The monoisotopic (exact) mass is 291 g/mol. The SMILES string of the molecule is CCn1nc2c(c1C(=O)N(C)CC1CC1)C[C@H](C)O[C@@H]2C. The van der Waals surface area contributed by atoms with Crippen LogP contribution < -0.4 is 0 Å². The van der Waals surface area contributed by atoms with Crippen molar-refractivity contribution in [3.63, 3.8) is 0 Å². The topological polar surface area (TPSA) is 47.4 Å². The highest BCUT2D eigenvalue weighted by molar-refractivity contribution is 5.94. The molecule has 0 N–H and O–H groups in total. The first-order chi connectivity index (χ1) is 10.0. The molecule has 21 heavy (non-hydrogen) atoms. The van der Waals surface area contributed by atoms with Crippen LogP contribution in [0.3, 0.4) is 0 Å². The maximum Gasteiger partial charge on any atom is 0.272 e. The van der Waals surface area contributed by atoms with E-state index >= 15 is 0 Å². The predicted octanol–water partition coefficient (Wildman–Crippen LogP) is 2.41. The van der Waals surface area contributed by atoms with Crippen LogP contribution in [0.2, 0.25) is 0 Å². The minimum Gasteiger partial charge on any atom is -0.369 e. The number of fused-ring (bicyclic) bond motifs is 1. The fourth-order valence-corrected chi connectivity index (χ4v) is 3.21. The van der Waals surface area contributed by atoms with Crippen LogP contribution in [0.4, 0.5) is 0 Å². The van der Waals surface area contributed by atoms with Gasteiger partial charge in [0.15, 0.2) is 0 Å². The van der Waals surface area contributed by atoms with E-state index in [-0.39, 0.29) is 18.1 Å². The van der Waals surface area contributed by atoms with E-state index < -0.39 is 0 Å². The van der Waals surface area contributed by atoms with Crippen LogP contribution in [0.1, 0.15) is 61.5 Å². The van der Waals surface area contributed by atoms with Gasteiger partial charge in [-0.25, -0.2) is 0 Å². The Morgan fingerprint density at radius 2 is 2.14 bits per heavy atom. The van der Waals surface area contributed by atoms with Crippen molar-refractivity contribution >= 4 is 5.91 Å². The van der Waals surface area contributed by atoms with Crippen molar-refractivity contribution in [3.8, 4) is 0 Å². The number of carbonyl (C=O) groups excluding carboxylic acids is 1. The first-order valence-electron chi connectivity index (χ1n) is 8.01. The van der Waals surface area contributed by atoms with Gasteiger partial charge in [-0.05, 0) is 39.5 Å². The fourth-order valence-electron chi connectivity index (χ4n) is 3.21. The van der Waals surface area contributed by atoms with Gasteiger partial charge in [0.25, 0.3) is 5.91 Å². The van der Waals surface area contributed by atoms with Gasteiger partial charge in [-0.3, -0.25) is 9.48 Å². The molecule has 1 fully saturated rings. The van der Waals surface area contributed by atoms with Crippen molar-refractivity contribution in [1.82, 2.24) is 14.7 Å². The molecule has 5 nitrogen and oxygen atoms in total. The summed E-state index contributed by atoms with van der Waals surface area (Å²) in [7, 11) is 1.91. The van der Waals surface area contributed by atoms with Gasteiger partial charge in [0.05, 0.1) is 17.9 Å². The van der Waals surface area contributed by atoms with Crippen LogP contribution in [0.15, 0.2) is 0 Å². The summed E-state index contributed by atoms with van der Waals surface area (Å²) in [6, 6.07) is 0. The Hall–Kier alpha value is -1.36. The van der Waals surface area contributed by atoms with E-state index in [4.69, 9.17) is 4.74 Å². The molecule has 2 aliphatic rings. The van der Waals surface area contributed by atoms with Gasteiger partial charge in [-0.2, -0.15) is 5.10 Å². The zero-order valence-corrected chi connectivity index (χ0v) is 13.4. The van der Waals surface area contributed by atoms with Crippen LogP contribution in [-0.2, 0) is 17.7 Å². The number of nitrogens with zero attached hydrogens (tertiary/aromatic N) is 3. The Morgan fingerprint density at radius 3 is 2.76 bits per heavy atom. The summed E-state index contributed by atoms with van der Waals surface area (Å²) in [5, 5.41) is 4.63. The Labute approximate surface area is 126 Å². The maximum atomic E-state index is 12.9. The molecule has 1 aromatic heterocycles. The van der Waals surface area contributed by atoms with Gasteiger partial charge in [-0.1, -0.05) is 0 Å². The summed E-state index contributed by atoms with van der Waals surface area (Å²) < 4.78 is 7.69. The van der Waals surface area contributed by atoms with Gasteiger partial charge in [-0.15, -0.1) is 0 Å². The van der Waals surface area contributed by atoms with Crippen molar-refractivity contribution in [1.29, 1.82) is 0 Å². The highest BCUT2D eigenvalue weighted by Crippen LogP contribution is 2.33. The molecule has 0 spiro atoms. The van der Waals surface area contributed by atoms with Crippen LogP contribution in [0.5, 0.6) is 0 Å². The quantitative estimate of drug-likeness (QED) is 0.856. The minimum atomic E-state index is -0.0307. The van der Waals surface area contributed by atoms with E-state index in [1.165, 1.54) is 12.8 Å². The molecule has 0 radical (unpaired) electrons. The number of ether oxygens (including phenoxy) is 1. The normalized spacial score (nSPS) is 24.8. The lowest BCUT2D eigenvalue weighted by molar-refractivity contribution is -0.00715. The summed E-state index contributed by atoms with van der Waals surface area (Å²) in [6.45, 7) is 7.69. The van der Waals surface area contributed by atoms with Gasteiger partial charge in [0, 0.05) is 32.1 Å². The average molecular weight is 291 g/mol. The van der Waals surface area contributed by atoms with Gasteiger partial charge < -0.3 is 9.64 Å². The van der Waals surface area contributed by atoms with Crippen molar-refractivity contribution in [2.75, 3.05) is 13.6 Å². The van der Waals surface area contributed by atoms with Crippen molar-refractivity contribution < 1.29 is 9.53 Å². The Balaban J connectivity index is 1.94. The standard InChI is InChI=1S/C16H25N3O2/c1-5-19-15(16(20)18(4)9-12-6-7-12)13-8-10(2)21-11(3)14(13)17-19/h10-12H,5-9H2,1-4H3/t10-,11+/m0/s1. The number of hydrogen-bond donors (Lipinski definition) is 0. The Bertz CT molecular complexity index is 548. The van der Waals surface area contributed by atoms with Crippen LogP contribution >= 0.6 is 0 Å². The number of amides is 1. The molecule has 0 bridgehead atoms. The molecule has 116 valence electrons. The second-order valence-corrected chi connectivity index (χ2v) is 6.45. The number of rotatable bonds is 4. The summed E-state index contributed by atoms with van der Waals surface area (Å²) in [6.07, 6.45) is 3.40. The largest absolute Gasteiger partial charge is 0.369 e. The van der Waals surface area contributed by atoms with E-state index in [1.54, 1.807) is 0 Å². The molecule has 1 aliphatic carbocycles. The smallest absolute Gasteiger partial charge is 0.272 e. The van der Waals surface area contributed by atoms with Crippen molar-refractivity contribution in [2.24, 2.45) is 5.92 Å². The second-order valence-electron chi connectivity index (χ2n) is 6.45. The lowest BCUT2D eigenvalue weighted by atomic mass is 9.99. The summed E-state index contributed by atoms with van der Waals surface area (Å²) in [5.41, 5.74) is 2.81. The molecule has 0 unspecified atom stereocenters. The third-order valence-electron chi connectivity index (χ3n) is 4.47. The highest BCUT2D eigenvalue weighted by Gasteiger charge is 2.34. The van der Waals surface area contributed by atoms with E-state index in [2.05, 4.69) is 12.0 Å². The molecule has 1 saturated carbocycles. The molecule has 2 atom stereocenters. The second kappa shape index (κ2) is 5.44. The summed E-state index contributed by atoms with van der Waals surface area (Å²) in [4.78, 5) is 14.7. The van der Waals surface area contributed by atoms with Crippen molar-refractivity contribution in [3.05, 3.63) is 17.0 Å². The van der Waals surface area contributed by atoms with Gasteiger partial charge in [0.1, 0.15) is 5.69 Å². The molecule has 3 rings (SSSR count). The highest BCUT2D eigenvalue weighted by atomic mass is 16.5. The van der Waals surface area contributed by atoms with Crippen LogP contribution in [-0.4, -0.2) is 40.3 Å². The van der Waals surface area contributed by atoms with E-state index in [9.17, 15) is 4.79 Å². The number of aromatic nitrogens is 2. The molecular weight excluding hydrogens is 266 g/mol. The summed E-state index contributed by atoms with van der Waals surface area (Å²) in [5.74, 6) is 0.813. The first-order valence-corrected chi connectivity index (χ1v) is 8.01. The molecule has 1 aliphatic heterocycles. The van der Waals surface area contributed by atoms with E-state index in [1.807, 2.05) is 30.5 Å². The lowest BCUT2D eigenvalue weighted by Crippen LogP contribution is -2.32. The average Bonchev–Trinajstić information content (AvgIpc) is 3.16. The van der Waals surface area contributed by atoms with Gasteiger partial charge >= 0.3 is 0 Å². The van der Waals surface area contributed by atoms with E-state index in [0.29, 0.717) is 12.5 Å². The Kier molecular flexibility index (Phi) is 3.78. The summed E-state index contributed by atoms with van der Waals surface area (Å²) >= 11 is 0. The molecule has 0 saturated heterocycles. The zero-order chi connectivity index (χ0) is 15.1. The molecule has 5 heteroatoms.